The number of aryl methyl sites for hydroxylation is 2. The lowest BCUT2D eigenvalue weighted by molar-refractivity contribution is -0.157. The van der Waals surface area contributed by atoms with Crippen LogP contribution in [0.4, 0.5) is 0 Å². The average Bonchev–Trinajstić information content (AvgIpc) is 2.74. The smallest absolute Gasteiger partial charge is 0.335 e. The maximum Gasteiger partial charge on any atom is 0.335 e. The zero-order valence-corrected chi connectivity index (χ0v) is 19.0. The Bertz CT molecular complexity index is 775. The first-order chi connectivity index (χ1) is 14.8. The Morgan fingerprint density at radius 2 is 1.94 bits per heavy atom. The quantitative estimate of drug-likeness (QED) is 0.552. The summed E-state index contributed by atoms with van der Waals surface area (Å²) in [5, 5.41) is 12.1. The molecule has 0 saturated heterocycles. The fourth-order valence-electron chi connectivity index (χ4n) is 3.70. The Kier molecular flexibility index (Phi) is 10.2. The highest BCUT2D eigenvalue weighted by atomic mass is 16.6. The van der Waals surface area contributed by atoms with Crippen molar-refractivity contribution in [2.45, 2.75) is 71.7 Å². The van der Waals surface area contributed by atoms with E-state index >= 15 is 0 Å². The van der Waals surface area contributed by atoms with Crippen molar-refractivity contribution in [1.82, 2.24) is 5.32 Å². The number of amides is 1. The minimum atomic E-state index is -1.01. The molecule has 0 radical (unpaired) electrons. The number of carboxylic acids is 1. The summed E-state index contributed by atoms with van der Waals surface area (Å²) in [6.45, 7) is 8.23. The van der Waals surface area contributed by atoms with Crippen LogP contribution in [0.5, 0.6) is 0 Å². The molecule has 7 heteroatoms. The van der Waals surface area contributed by atoms with E-state index in [4.69, 9.17) is 14.2 Å². The molecule has 172 valence electrons. The van der Waals surface area contributed by atoms with Gasteiger partial charge in [0.1, 0.15) is 0 Å². The van der Waals surface area contributed by atoms with Crippen molar-refractivity contribution >= 4 is 11.9 Å². The maximum absolute atomic E-state index is 12.6. The molecule has 0 aromatic heterocycles. The fraction of sp³-hybridized carbons (Fsp3) is 0.583. The molecular weight excluding hydrogens is 398 g/mol. The summed E-state index contributed by atoms with van der Waals surface area (Å²) < 4.78 is 17.0. The van der Waals surface area contributed by atoms with Crippen LogP contribution in [-0.2, 0) is 19.0 Å². The number of carbonyl (C=O) groups is 2. The molecule has 1 amide bonds. The van der Waals surface area contributed by atoms with E-state index in [1.165, 1.54) is 0 Å². The number of carboxylic acid groups (broad SMARTS) is 1. The van der Waals surface area contributed by atoms with E-state index in [1.54, 1.807) is 6.92 Å². The van der Waals surface area contributed by atoms with Gasteiger partial charge in [-0.15, -0.1) is 0 Å². The van der Waals surface area contributed by atoms with Gasteiger partial charge in [0, 0.05) is 17.9 Å². The Morgan fingerprint density at radius 3 is 2.55 bits per heavy atom. The molecule has 1 aromatic rings. The molecule has 3 atom stereocenters. The second-order valence-electron chi connectivity index (χ2n) is 7.92. The van der Waals surface area contributed by atoms with Crippen LogP contribution in [0.3, 0.4) is 0 Å². The number of hydrogen-bond acceptors (Lipinski definition) is 5. The van der Waals surface area contributed by atoms with Gasteiger partial charge < -0.3 is 24.6 Å². The predicted octanol–water partition coefficient (Wildman–Crippen LogP) is 3.77. The van der Waals surface area contributed by atoms with Crippen molar-refractivity contribution in [3.05, 3.63) is 46.7 Å². The number of aliphatic carboxylic acids is 1. The van der Waals surface area contributed by atoms with E-state index in [0.29, 0.717) is 25.2 Å². The molecule has 1 aliphatic carbocycles. The van der Waals surface area contributed by atoms with Gasteiger partial charge in [-0.3, -0.25) is 4.79 Å². The van der Waals surface area contributed by atoms with Crippen molar-refractivity contribution in [2.24, 2.45) is 0 Å². The molecule has 1 saturated carbocycles. The molecule has 2 N–H and O–H groups in total. The highest BCUT2D eigenvalue weighted by molar-refractivity contribution is 5.96. The van der Waals surface area contributed by atoms with Gasteiger partial charge in [-0.1, -0.05) is 23.8 Å². The zero-order valence-electron chi connectivity index (χ0n) is 19.0. The third-order valence-electron chi connectivity index (χ3n) is 5.43. The fourth-order valence-corrected chi connectivity index (χ4v) is 3.70. The first-order valence-corrected chi connectivity index (χ1v) is 10.9. The van der Waals surface area contributed by atoms with Crippen LogP contribution in [0.25, 0.3) is 0 Å². The summed E-state index contributed by atoms with van der Waals surface area (Å²) in [6, 6.07) is 5.75. The molecular formula is C24H35NO6. The van der Waals surface area contributed by atoms with Gasteiger partial charge in [0.25, 0.3) is 5.91 Å². The summed E-state index contributed by atoms with van der Waals surface area (Å²) in [6.07, 6.45) is 4.27. The third kappa shape index (κ3) is 8.09. The summed E-state index contributed by atoms with van der Waals surface area (Å²) >= 11 is 0. The molecule has 31 heavy (non-hydrogen) atoms. The van der Waals surface area contributed by atoms with Crippen LogP contribution in [-0.4, -0.2) is 55.1 Å². The van der Waals surface area contributed by atoms with E-state index in [9.17, 15) is 14.7 Å². The molecule has 1 aromatic carbocycles. The van der Waals surface area contributed by atoms with Crippen LogP contribution in [0.2, 0.25) is 0 Å². The van der Waals surface area contributed by atoms with E-state index in [1.807, 2.05) is 45.0 Å². The van der Waals surface area contributed by atoms with Crippen molar-refractivity contribution in [2.75, 3.05) is 19.8 Å². The lowest BCUT2D eigenvalue weighted by Crippen LogP contribution is -2.35. The number of benzene rings is 1. The van der Waals surface area contributed by atoms with Gasteiger partial charge in [0.05, 0.1) is 25.4 Å². The zero-order chi connectivity index (χ0) is 22.8. The third-order valence-corrected chi connectivity index (χ3v) is 5.43. The summed E-state index contributed by atoms with van der Waals surface area (Å²) in [7, 11) is 0. The van der Waals surface area contributed by atoms with Crippen molar-refractivity contribution in [3.8, 4) is 0 Å². The average molecular weight is 434 g/mol. The SMILES string of the molecule is C/C=C(\COC1CCCC(OCC(OCC)C(=O)O)C1)NC(=O)c1ccc(C)cc1C. The van der Waals surface area contributed by atoms with Crippen molar-refractivity contribution in [3.63, 3.8) is 0 Å². The van der Waals surface area contributed by atoms with Crippen LogP contribution < -0.4 is 5.32 Å². The molecule has 0 heterocycles. The van der Waals surface area contributed by atoms with Crippen molar-refractivity contribution in [1.29, 1.82) is 0 Å². The van der Waals surface area contributed by atoms with Gasteiger partial charge in [-0.2, -0.15) is 0 Å². The van der Waals surface area contributed by atoms with Gasteiger partial charge in [0.2, 0.25) is 0 Å². The van der Waals surface area contributed by atoms with Crippen LogP contribution in [0, 0.1) is 13.8 Å². The number of rotatable bonds is 11. The molecule has 0 aliphatic heterocycles. The van der Waals surface area contributed by atoms with E-state index in [0.717, 1.165) is 36.1 Å². The lowest BCUT2D eigenvalue weighted by Gasteiger charge is -2.30. The van der Waals surface area contributed by atoms with E-state index in [-0.39, 0.29) is 24.7 Å². The standard InChI is InChI=1S/C24H35NO6/c1-5-18(25-23(26)21-11-10-16(3)12-17(21)4)14-30-19-8-7-9-20(13-19)31-15-22(24(27)28)29-6-2/h5,10-12,19-20,22H,6-9,13-15H2,1-4H3,(H,25,26)(H,27,28)/b18-5+. The van der Waals surface area contributed by atoms with Gasteiger partial charge in [-0.25, -0.2) is 4.79 Å². The number of carbonyl (C=O) groups excluding carboxylic acids is 1. The topological polar surface area (TPSA) is 94.1 Å². The van der Waals surface area contributed by atoms with E-state index < -0.39 is 12.1 Å². The first-order valence-electron chi connectivity index (χ1n) is 10.9. The largest absolute Gasteiger partial charge is 0.479 e. The van der Waals surface area contributed by atoms with Crippen LogP contribution in [0.1, 0.15) is 61.0 Å². The highest BCUT2D eigenvalue weighted by Gasteiger charge is 2.26. The molecule has 3 unspecified atom stereocenters. The Labute approximate surface area is 184 Å². The molecule has 1 aliphatic rings. The van der Waals surface area contributed by atoms with Crippen LogP contribution in [0.15, 0.2) is 30.0 Å². The summed E-state index contributed by atoms with van der Waals surface area (Å²) in [5.74, 6) is -1.16. The number of hydrogen-bond donors (Lipinski definition) is 2. The number of ether oxygens (including phenoxy) is 3. The molecule has 0 bridgehead atoms. The molecule has 0 spiro atoms. The molecule has 2 rings (SSSR count). The molecule has 1 fully saturated rings. The highest BCUT2D eigenvalue weighted by Crippen LogP contribution is 2.24. The van der Waals surface area contributed by atoms with Crippen LogP contribution >= 0.6 is 0 Å². The van der Waals surface area contributed by atoms with Crippen molar-refractivity contribution < 1.29 is 28.9 Å². The monoisotopic (exact) mass is 433 g/mol. The Hall–Kier alpha value is -2.22. The second kappa shape index (κ2) is 12.6. The second-order valence-corrected chi connectivity index (χ2v) is 7.92. The van der Waals surface area contributed by atoms with Gasteiger partial charge in [-0.05, 0) is 65.0 Å². The summed E-state index contributed by atoms with van der Waals surface area (Å²) in [4.78, 5) is 23.8. The Balaban J connectivity index is 1.82. The normalized spacial score (nSPS) is 20.3. The minimum absolute atomic E-state index is 0.00193. The maximum atomic E-state index is 12.6. The summed E-state index contributed by atoms with van der Waals surface area (Å²) in [5.41, 5.74) is 3.43. The Morgan fingerprint density at radius 1 is 1.23 bits per heavy atom. The number of nitrogens with one attached hydrogen (secondary N) is 1. The number of allylic oxidation sites excluding steroid dienone is 1. The lowest BCUT2D eigenvalue weighted by atomic mass is 9.95. The van der Waals surface area contributed by atoms with Gasteiger partial charge >= 0.3 is 5.97 Å². The first kappa shape index (κ1) is 25.0. The van der Waals surface area contributed by atoms with Gasteiger partial charge in [0.15, 0.2) is 6.10 Å². The minimum Gasteiger partial charge on any atom is -0.479 e. The molecule has 7 nitrogen and oxygen atoms in total. The van der Waals surface area contributed by atoms with E-state index in [2.05, 4.69) is 5.32 Å². The predicted molar refractivity (Wildman–Crippen MR) is 118 cm³/mol.